The largest absolute Gasteiger partial charge is 0.508 e. The van der Waals surface area contributed by atoms with Gasteiger partial charge in [0.15, 0.2) is 0 Å². The predicted molar refractivity (Wildman–Crippen MR) is 142 cm³/mol. The monoisotopic (exact) mass is 514 g/mol. The molecule has 0 aromatic heterocycles. The highest BCUT2D eigenvalue weighted by molar-refractivity contribution is 6.14. The average Bonchev–Trinajstić information content (AvgIpc) is 2.92. The Morgan fingerprint density at radius 2 is 1.78 bits per heavy atom. The predicted octanol–water partition coefficient (Wildman–Crippen LogP) is 3.55. The molecule has 0 bridgehead atoms. The second-order valence-electron chi connectivity index (χ2n) is 10.6. The van der Waals surface area contributed by atoms with Crippen molar-refractivity contribution in [3.63, 3.8) is 0 Å². The molecule has 0 radical (unpaired) electrons. The summed E-state index contributed by atoms with van der Waals surface area (Å²) in [6.45, 7) is 6.27. The number of nitrogens with one attached hydrogen (secondary N) is 1. The number of phenols is 2. The maximum atomic E-state index is 13.5. The van der Waals surface area contributed by atoms with Crippen LogP contribution in [0.4, 0.5) is 17.1 Å². The van der Waals surface area contributed by atoms with E-state index in [0.29, 0.717) is 30.6 Å². The summed E-state index contributed by atoms with van der Waals surface area (Å²) in [4.78, 5) is 14.8. The summed E-state index contributed by atoms with van der Waals surface area (Å²) in [7, 11) is 0. The number of phenolic OH excluding ortho intramolecular Hbond substituents is 2. The molecule has 1 heterocycles. The number of anilines is 3. The molecule has 3 rings (SSSR count). The number of aromatic hydroxyl groups is 2. The van der Waals surface area contributed by atoms with Crippen molar-refractivity contribution in [3.05, 3.63) is 53.6 Å². The maximum Gasteiger partial charge on any atom is 0.260 e. The van der Waals surface area contributed by atoms with Crippen LogP contribution in [0.2, 0.25) is 0 Å². The molecule has 0 fully saturated rings. The van der Waals surface area contributed by atoms with Crippen LogP contribution in [0.1, 0.15) is 63.7 Å². The number of rotatable bonds is 10. The first-order valence-corrected chi connectivity index (χ1v) is 12.4. The van der Waals surface area contributed by atoms with Crippen molar-refractivity contribution in [1.82, 2.24) is 0 Å². The summed E-state index contributed by atoms with van der Waals surface area (Å²) in [6.07, 6.45) is 1.40. The van der Waals surface area contributed by atoms with Crippen molar-refractivity contribution >= 4 is 23.0 Å². The molecule has 7 N–H and O–H groups in total. The minimum Gasteiger partial charge on any atom is -0.508 e. The van der Waals surface area contributed by atoms with Gasteiger partial charge in [0.25, 0.3) is 5.91 Å². The number of β-amino-alcohol motifs (C(OH)–C–C–N with tert-alkyl or cyclic N) is 1. The third kappa shape index (κ3) is 6.81. The molecule has 2 aromatic carbocycles. The number of hydrogen-bond donors (Lipinski definition) is 7. The van der Waals surface area contributed by atoms with Crippen molar-refractivity contribution in [2.45, 2.75) is 76.8 Å². The van der Waals surface area contributed by atoms with E-state index in [9.17, 15) is 35.4 Å². The van der Waals surface area contributed by atoms with Gasteiger partial charge in [0.05, 0.1) is 46.5 Å². The Bertz CT molecular complexity index is 1150. The summed E-state index contributed by atoms with van der Waals surface area (Å²) >= 11 is 0. The fraction of sp³-hybridized carbons (Fsp3) is 0.464. The summed E-state index contributed by atoms with van der Waals surface area (Å²) in [5.41, 5.74) is -0.567. The fourth-order valence-corrected chi connectivity index (χ4v) is 4.24. The summed E-state index contributed by atoms with van der Waals surface area (Å²) in [5.74, 6) is -0.694. The zero-order valence-electron chi connectivity index (χ0n) is 21.8. The maximum absolute atomic E-state index is 13.5. The molecule has 0 saturated carbocycles. The Balaban J connectivity index is 1.74. The molecular formula is C28H38N2O7. The third-order valence-corrected chi connectivity index (χ3v) is 6.89. The molecule has 3 atom stereocenters. The molecule has 1 aliphatic heterocycles. The van der Waals surface area contributed by atoms with Gasteiger partial charge in [0.1, 0.15) is 17.6 Å². The number of carbonyl (C=O) groups excluding carboxylic acids is 1. The van der Waals surface area contributed by atoms with Gasteiger partial charge < -0.3 is 40.9 Å². The lowest BCUT2D eigenvalue weighted by molar-refractivity contribution is -0.0613. The van der Waals surface area contributed by atoms with Gasteiger partial charge >= 0.3 is 0 Å². The summed E-state index contributed by atoms with van der Waals surface area (Å²) < 4.78 is 0. The van der Waals surface area contributed by atoms with Crippen LogP contribution in [0.3, 0.4) is 0 Å². The standard InChI is InChI=1S/C28H38N2O7/c1-17(10-13-23(33)27(2,3)36)7-6-14-28(4,37)24(34)16-30-21-15-18(31)11-12-20(21)29-25-19(26(30)35)8-5-9-22(25)32/h5,7-9,11-12,15,23-24,29,31-34,36-37H,6,10,13-14,16H2,1-4H3/b17-7+. The zero-order chi connectivity index (χ0) is 27.5. The van der Waals surface area contributed by atoms with E-state index < -0.39 is 29.3 Å². The number of nitrogens with zero attached hydrogens (tertiary/aromatic N) is 1. The Morgan fingerprint density at radius 3 is 2.46 bits per heavy atom. The topological polar surface area (TPSA) is 154 Å². The lowest BCUT2D eigenvalue weighted by atomic mass is 9.91. The first-order chi connectivity index (χ1) is 17.2. The van der Waals surface area contributed by atoms with E-state index in [1.807, 2.05) is 13.0 Å². The molecular weight excluding hydrogens is 476 g/mol. The normalized spacial score (nSPS) is 17.2. The van der Waals surface area contributed by atoms with Crippen molar-refractivity contribution in [2.75, 3.05) is 16.8 Å². The third-order valence-electron chi connectivity index (χ3n) is 6.89. The molecule has 0 aliphatic carbocycles. The zero-order valence-corrected chi connectivity index (χ0v) is 21.8. The van der Waals surface area contributed by atoms with Gasteiger partial charge in [-0.1, -0.05) is 17.7 Å². The van der Waals surface area contributed by atoms with Crippen molar-refractivity contribution in [2.24, 2.45) is 0 Å². The number of hydrogen-bond acceptors (Lipinski definition) is 8. The van der Waals surface area contributed by atoms with Gasteiger partial charge in [-0.25, -0.2) is 0 Å². The number of fused-ring (bicyclic) bond motifs is 2. The molecule has 1 amide bonds. The lowest BCUT2D eigenvalue weighted by Crippen LogP contribution is -2.48. The van der Waals surface area contributed by atoms with E-state index >= 15 is 0 Å². The number of para-hydroxylation sites is 1. The number of allylic oxidation sites excluding steroid dienone is 2. The molecule has 9 nitrogen and oxygen atoms in total. The van der Waals surface area contributed by atoms with Crippen LogP contribution in [0.15, 0.2) is 48.0 Å². The van der Waals surface area contributed by atoms with Crippen LogP contribution in [0.25, 0.3) is 0 Å². The minimum absolute atomic E-state index is 0.0786. The number of carbonyl (C=O) groups is 1. The Morgan fingerprint density at radius 1 is 1.08 bits per heavy atom. The van der Waals surface area contributed by atoms with E-state index in [4.69, 9.17) is 0 Å². The minimum atomic E-state index is -1.54. The molecule has 37 heavy (non-hydrogen) atoms. The summed E-state index contributed by atoms with van der Waals surface area (Å²) in [6, 6.07) is 8.95. The van der Waals surface area contributed by atoms with Crippen LogP contribution in [-0.2, 0) is 0 Å². The Hall–Kier alpha value is -3.11. The van der Waals surface area contributed by atoms with Crippen LogP contribution in [0.5, 0.6) is 11.5 Å². The molecule has 3 unspecified atom stereocenters. The van der Waals surface area contributed by atoms with Gasteiger partial charge in [-0.3, -0.25) is 4.79 Å². The number of amides is 1. The average molecular weight is 515 g/mol. The van der Waals surface area contributed by atoms with Crippen molar-refractivity contribution in [3.8, 4) is 11.5 Å². The van der Waals surface area contributed by atoms with Gasteiger partial charge in [0.2, 0.25) is 0 Å². The lowest BCUT2D eigenvalue weighted by Gasteiger charge is -2.33. The highest BCUT2D eigenvalue weighted by Gasteiger charge is 2.36. The van der Waals surface area contributed by atoms with E-state index in [0.717, 1.165) is 5.57 Å². The fourth-order valence-electron chi connectivity index (χ4n) is 4.24. The molecule has 1 aliphatic rings. The number of aliphatic hydroxyl groups is 4. The number of aliphatic hydroxyl groups excluding tert-OH is 2. The van der Waals surface area contributed by atoms with Gasteiger partial charge in [-0.05, 0) is 77.6 Å². The Labute approximate surface area is 217 Å². The first kappa shape index (κ1) is 28.5. The first-order valence-electron chi connectivity index (χ1n) is 12.4. The second kappa shape index (κ2) is 11.1. The number of benzene rings is 2. The van der Waals surface area contributed by atoms with Crippen LogP contribution in [-0.4, -0.2) is 66.5 Å². The molecule has 9 heteroatoms. The highest BCUT2D eigenvalue weighted by atomic mass is 16.3. The van der Waals surface area contributed by atoms with Crippen LogP contribution < -0.4 is 10.2 Å². The van der Waals surface area contributed by atoms with Gasteiger partial charge in [0, 0.05) is 6.07 Å². The smallest absolute Gasteiger partial charge is 0.260 e. The van der Waals surface area contributed by atoms with Gasteiger partial charge in [-0.15, -0.1) is 0 Å². The van der Waals surface area contributed by atoms with E-state index in [-0.39, 0.29) is 35.7 Å². The Kier molecular flexibility index (Phi) is 8.54. The van der Waals surface area contributed by atoms with Crippen molar-refractivity contribution in [1.29, 1.82) is 0 Å². The van der Waals surface area contributed by atoms with E-state index in [1.54, 1.807) is 32.0 Å². The van der Waals surface area contributed by atoms with Gasteiger partial charge in [-0.2, -0.15) is 0 Å². The SMILES string of the molecule is C/C(=C\CCC(C)(O)C(O)CN1C(=O)c2cccc(O)c2Nc2ccc(O)cc21)CCC(O)C(C)(C)O. The van der Waals surface area contributed by atoms with E-state index in [2.05, 4.69) is 5.32 Å². The molecule has 0 saturated heterocycles. The second-order valence-corrected chi connectivity index (χ2v) is 10.6. The highest BCUT2D eigenvalue weighted by Crippen LogP contribution is 2.41. The molecule has 0 spiro atoms. The quantitative estimate of drug-likeness (QED) is 0.144. The van der Waals surface area contributed by atoms with Crippen LogP contribution in [0, 0.1) is 0 Å². The molecule has 2 aromatic rings. The van der Waals surface area contributed by atoms with Crippen molar-refractivity contribution < 1.29 is 35.4 Å². The summed E-state index contributed by atoms with van der Waals surface area (Å²) in [5, 5.41) is 65.4. The van der Waals surface area contributed by atoms with Crippen LogP contribution >= 0.6 is 0 Å². The molecule has 202 valence electrons. The van der Waals surface area contributed by atoms with E-state index in [1.165, 1.54) is 30.0 Å².